The molecule has 0 spiro atoms. The van der Waals surface area contributed by atoms with Crippen molar-refractivity contribution in [3.8, 4) is 0 Å². The molecule has 3 rings (SSSR count). The average Bonchev–Trinajstić information content (AvgIpc) is 3.10. The maximum atomic E-state index is 12.9. The molecule has 1 amide bonds. The van der Waals surface area contributed by atoms with Gasteiger partial charge in [-0.15, -0.1) is 0 Å². The second-order valence-corrected chi connectivity index (χ2v) is 6.18. The second-order valence-electron chi connectivity index (χ2n) is 6.18. The number of carbonyl (C=O) groups is 1. The number of nitrogens with zero attached hydrogens (tertiary/aromatic N) is 2. The van der Waals surface area contributed by atoms with E-state index in [1.54, 1.807) is 12.1 Å². The number of halogens is 1. The first-order valence-corrected chi connectivity index (χ1v) is 8.63. The van der Waals surface area contributed by atoms with Crippen LogP contribution in [0, 0.1) is 5.82 Å². The van der Waals surface area contributed by atoms with Crippen molar-refractivity contribution < 1.29 is 9.18 Å². The summed E-state index contributed by atoms with van der Waals surface area (Å²) in [5.41, 5.74) is 1.98. The number of rotatable bonds is 6. The molecule has 132 valence electrons. The molecule has 1 aromatic heterocycles. The van der Waals surface area contributed by atoms with Gasteiger partial charge >= 0.3 is 0 Å². The van der Waals surface area contributed by atoms with Gasteiger partial charge in [-0.1, -0.05) is 24.3 Å². The maximum Gasteiger partial charge on any atom is 0.220 e. The Morgan fingerprint density at radius 3 is 2.92 bits per heavy atom. The van der Waals surface area contributed by atoms with Crippen LogP contribution in [0.2, 0.25) is 0 Å². The topological polar surface area (TPSA) is 59.0 Å². The van der Waals surface area contributed by atoms with Gasteiger partial charge in [0, 0.05) is 37.3 Å². The van der Waals surface area contributed by atoms with E-state index < -0.39 is 0 Å². The van der Waals surface area contributed by atoms with Crippen molar-refractivity contribution >= 4 is 12.0 Å². The van der Waals surface area contributed by atoms with E-state index in [4.69, 9.17) is 0 Å². The van der Waals surface area contributed by atoms with Gasteiger partial charge in [-0.25, -0.2) is 4.39 Å². The number of carbonyl (C=O) groups excluding carboxylic acids is 1. The predicted octanol–water partition coefficient (Wildman–Crippen LogP) is 2.66. The molecule has 0 bridgehead atoms. The molecule has 1 aliphatic rings. The van der Waals surface area contributed by atoms with E-state index in [0.29, 0.717) is 13.0 Å². The Balaban J connectivity index is 1.60. The van der Waals surface area contributed by atoms with Crippen LogP contribution in [0.4, 0.5) is 4.39 Å². The smallest absolute Gasteiger partial charge is 0.220 e. The van der Waals surface area contributed by atoms with E-state index >= 15 is 0 Å². The van der Waals surface area contributed by atoms with E-state index in [1.165, 1.54) is 12.1 Å². The standard InChI is InChI=1S/C19H23FN4O/c1-2-24-13-15(12-22-24)19-17(9-10-18(25)23-19)21-11-3-4-14-5-7-16(20)8-6-14/h3-8,12-13,17,19,21H,2,9-11H2,1H3,(H,23,25)/b4-3+/t17-,19+/m1/s1. The summed E-state index contributed by atoms with van der Waals surface area (Å²) in [6, 6.07) is 6.48. The highest BCUT2D eigenvalue weighted by atomic mass is 19.1. The minimum atomic E-state index is -0.233. The molecule has 2 heterocycles. The van der Waals surface area contributed by atoms with Crippen molar-refractivity contribution in [2.24, 2.45) is 0 Å². The molecule has 5 nitrogen and oxygen atoms in total. The third kappa shape index (κ3) is 4.54. The highest BCUT2D eigenvalue weighted by molar-refractivity contribution is 5.77. The van der Waals surface area contributed by atoms with Crippen LogP contribution in [-0.4, -0.2) is 28.3 Å². The summed E-state index contributed by atoms with van der Waals surface area (Å²) in [6.45, 7) is 3.52. The fourth-order valence-electron chi connectivity index (χ4n) is 3.04. The van der Waals surface area contributed by atoms with Gasteiger partial charge in [-0.05, 0) is 31.0 Å². The van der Waals surface area contributed by atoms with Crippen molar-refractivity contribution in [3.63, 3.8) is 0 Å². The van der Waals surface area contributed by atoms with E-state index in [0.717, 1.165) is 24.1 Å². The average molecular weight is 342 g/mol. The first-order chi connectivity index (χ1) is 12.2. The van der Waals surface area contributed by atoms with Gasteiger partial charge in [0.2, 0.25) is 5.91 Å². The summed E-state index contributed by atoms with van der Waals surface area (Å²) in [5, 5.41) is 10.9. The number of benzene rings is 1. The minimum Gasteiger partial charge on any atom is -0.348 e. The van der Waals surface area contributed by atoms with Crippen LogP contribution >= 0.6 is 0 Å². The number of nitrogens with one attached hydrogen (secondary N) is 2. The first-order valence-electron chi connectivity index (χ1n) is 8.63. The number of aromatic nitrogens is 2. The highest BCUT2D eigenvalue weighted by Crippen LogP contribution is 2.23. The fourth-order valence-corrected chi connectivity index (χ4v) is 3.04. The molecule has 0 aliphatic carbocycles. The summed E-state index contributed by atoms with van der Waals surface area (Å²) in [4.78, 5) is 11.8. The van der Waals surface area contributed by atoms with Crippen LogP contribution in [0.15, 0.2) is 42.7 Å². The summed E-state index contributed by atoms with van der Waals surface area (Å²) < 4.78 is 14.8. The Morgan fingerprint density at radius 2 is 2.20 bits per heavy atom. The Kier molecular flexibility index (Phi) is 5.60. The van der Waals surface area contributed by atoms with Gasteiger partial charge in [0.1, 0.15) is 5.82 Å². The Labute approximate surface area is 146 Å². The minimum absolute atomic E-state index is 0.0687. The van der Waals surface area contributed by atoms with Crippen molar-refractivity contribution in [2.75, 3.05) is 6.54 Å². The predicted molar refractivity (Wildman–Crippen MR) is 95.2 cm³/mol. The lowest BCUT2D eigenvalue weighted by molar-refractivity contribution is -0.123. The van der Waals surface area contributed by atoms with Crippen molar-refractivity contribution in [1.82, 2.24) is 20.4 Å². The number of hydrogen-bond acceptors (Lipinski definition) is 3. The van der Waals surface area contributed by atoms with Crippen molar-refractivity contribution in [2.45, 2.75) is 38.4 Å². The maximum absolute atomic E-state index is 12.9. The molecule has 0 saturated carbocycles. The third-order valence-corrected chi connectivity index (χ3v) is 4.42. The highest BCUT2D eigenvalue weighted by Gasteiger charge is 2.30. The lowest BCUT2D eigenvalue weighted by atomic mass is 9.94. The number of hydrogen-bond donors (Lipinski definition) is 2. The zero-order valence-corrected chi connectivity index (χ0v) is 14.3. The first kappa shape index (κ1) is 17.4. The third-order valence-electron chi connectivity index (χ3n) is 4.42. The van der Waals surface area contributed by atoms with Crippen molar-refractivity contribution in [1.29, 1.82) is 0 Å². The van der Waals surface area contributed by atoms with Crippen LogP contribution in [0.25, 0.3) is 6.08 Å². The molecule has 2 aromatic rings. The van der Waals surface area contributed by atoms with E-state index in [9.17, 15) is 9.18 Å². The Morgan fingerprint density at radius 1 is 1.40 bits per heavy atom. The van der Waals surface area contributed by atoms with Crippen LogP contribution in [0.5, 0.6) is 0 Å². The molecular weight excluding hydrogens is 319 g/mol. The molecule has 1 aromatic carbocycles. The van der Waals surface area contributed by atoms with Gasteiger partial charge in [0.15, 0.2) is 0 Å². The van der Waals surface area contributed by atoms with Gasteiger partial charge in [-0.2, -0.15) is 5.10 Å². The number of piperidine rings is 1. The van der Waals surface area contributed by atoms with Gasteiger partial charge < -0.3 is 10.6 Å². The van der Waals surface area contributed by atoms with Crippen LogP contribution < -0.4 is 10.6 Å². The summed E-state index contributed by atoms with van der Waals surface area (Å²) >= 11 is 0. The molecule has 0 unspecified atom stereocenters. The molecule has 1 aliphatic heterocycles. The molecular formula is C19H23FN4O. The summed E-state index contributed by atoms with van der Waals surface area (Å²) in [7, 11) is 0. The van der Waals surface area contributed by atoms with E-state index in [-0.39, 0.29) is 23.8 Å². The normalized spacial score (nSPS) is 20.8. The Hall–Kier alpha value is -2.47. The molecule has 6 heteroatoms. The number of amides is 1. The van der Waals surface area contributed by atoms with Crippen LogP contribution in [-0.2, 0) is 11.3 Å². The zero-order chi connectivity index (χ0) is 17.6. The molecule has 2 N–H and O–H groups in total. The van der Waals surface area contributed by atoms with E-state index in [1.807, 2.05) is 36.2 Å². The van der Waals surface area contributed by atoms with Crippen LogP contribution in [0.1, 0.15) is 36.9 Å². The summed E-state index contributed by atoms with van der Waals surface area (Å²) in [5.74, 6) is -0.155. The monoisotopic (exact) mass is 342 g/mol. The quantitative estimate of drug-likeness (QED) is 0.848. The largest absolute Gasteiger partial charge is 0.348 e. The lowest BCUT2D eigenvalue weighted by Crippen LogP contribution is -2.48. The van der Waals surface area contributed by atoms with Crippen molar-refractivity contribution in [3.05, 3.63) is 59.7 Å². The Bertz CT molecular complexity index is 738. The fraction of sp³-hybridized carbons (Fsp3) is 0.368. The summed E-state index contributed by atoms with van der Waals surface area (Å²) in [6.07, 6.45) is 9.09. The van der Waals surface area contributed by atoms with Gasteiger partial charge in [0.05, 0.1) is 12.2 Å². The molecule has 1 fully saturated rings. The molecule has 2 atom stereocenters. The van der Waals surface area contributed by atoms with Crippen LogP contribution in [0.3, 0.4) is 0 Å². The van der Waals surface area contributed by atoms with Gasteiger partial charge in [-0.3, -0.25) is 9.48 Å². The molecule has 1 saturated heterocycles. The second kappa shape index (κ2) is 8.07. The number of aryl methyl sites for hydroxylation is 1. The van der Waals surface area contributed by atoms with E-state index in [2.05, 4.69) is 15.7 Å². The molecule has 25 heavy (non-hydrogen) atoms. The SMILES string of the molecule is CCn1cc([C@@H]2NC(=O)CC[C@H]2NC/C=C/c2ccc(F)cc2)cn1. The zero-order valence-electron chi connectivity index (χ0n) is 14.3. The van der Waals surface area contributed by atoms with Gasteiger partial charge in [0.25, 0.3) is 0 Å². The molecule has 0 radical (unpaired) electrons. The lowest BCUT2D eigenvalue weighted by Gasteiger charge is -2.32.